The largest absolute Gasteiger partial charge is 0.316 e. The first-order valence-electron chi connectivity index (χ1n) is 5.62. The lowest BCUT2D eigenvalue weighted by Crippen LogP contribution is -2.31. The van der Waals surface area contributed by atoms with Gasteiger partial charge >= 0.3 is 0 Å². The summed E-state index contributed by atoms with van der Waals surface area (Å²) < 4.78 is 0. The van der Waals surface area contributed by atoms with Crippen molar-refractivity contribution in [3.63, 3.8) is 0 Å². The molecule has 0 heterocycles. The SMILES string of the molecule is CCN(CCCN(C)C)CCC(N)C#N. The van der Waals surface area contributed by atoms with Gasteiger partial charge in [-0.05, 0) is 46.6 Å². The van der Waals surface area contributed by atoms with E-state index in [1.807, 2.05) is 0 Å². The number of rotatable bonds is 8. The number of hydrogen-bond donors (Lipinski definition) is 1. The summed E-state index contributed by atoms with van der Waals surface area (Å²) in [4.78, 5) is 4.54. The molecular formula is C11H24N4. The van der Waals surface area contributed by atoms with Crippen LogP contribution in [0.1, 0.15) is 19.8 Å². The molecule has 0 radical (unpaired) electrons. The van der Waals surface area contributed by atoms with Crippen LogP contribution in [0.2, 0.25) is 0 Å². The Hall–Kier alpha value is -0.630. The van der Waals surface area contributed by atoms with Crippen LogP contribution in [0.4, 0.5) is 0 Å². The third-order valence-electron chi connectivity index (χ3n) is 2.45. The summed E-state index contributed by atoms with van der Waals surface area (Å²) in [6.07, 6.45) is 1.94. The first-order chi connectivity index (χ1) is 7.10. The van der Waals surface area contributed by atoms with Crippen molar-refractivity contribution in [3.05, 3.63) is 0 Å². The van der Waals surface area contributed by atoms with Gasteiger partial charge in [0.05, 0.1) is 12.1 Å². The monoisotopic (exact) mass is 212 g/mol. The van der Waals surface area contributed by atoms with Crippen molar-refractivity contribution in [2.24, 2.45) is 5.73 Å². The Morgan fingerprint density at radius 1 is 1.27 bits per heavy atom. The molecule has 0 aromatic carbocycles. The van der Waals surface area contributed by atoms with Crippen LogP contribution >= 0.6 is 0 Å². The Morgan fingerprint density at radius 2 is 1.93 bits per heavy atom. The molecule has 0 fully saturated rings. The van der Waals surface area contributed by atoms with Gasteiger partial charge in [0, 0.05) is 6.54 Å². The fourth-order valence-corrected chi connectivity index (χ4v) is 1.42. The Labute approximate surface area is 93.6 Å². The van der Waals surface area contributed by atoms with Gasteiger partial charge in [-0.2, -0.15) is 5.26 Å². The van der Waals surface area contributed by atoms with Crippen molar-refractivity contribution in [1.82, 2.24) is 9.80 Å². The molecular weight excluding hydrogens is 188 g/mol. The van der Waals surface area contributed by atoms with Crippen LogP contribution in [-0.2, 0) is 0 Å². The quantitative estimate of drug-likeness (QED) is 0.636. The summed E-state index contributed by atoms with van der Waals surface area (Å²) in [5.41, 5.74) is 5.56. The van der Waals surface area contributed by atoms with Crippen molar-refractivity contribution in [1.29, 1.82) is 5.26 Å². The Morgan fingerprint density at radius 3 is 2.40 bits per heavy atom. The van der Waals surface area contributed by atoms with E-state index < -0.39 is 0 Å². The van der Waals surface area contributed by atoms with Crippen molar-refractivity contribution < 1.29 is 0 Å². The predicted molar refractivity (Wildman–Crippen MR) is 63.5 cm³/mol. The van der Waals surface area contributed by atoms with Gasteiger partial charge in [0.2, 0.25) is 0 Å². The molecule has 0 rings (SSSR count). The third kappa shape index (κ3) is 8.37. The maximum Gasteiger partial charge on any atom is 0.0940 e. The minimum Gasteiger partial charge on any atom is -0.316 e. The van der Waals surface area contributed by atoms with Crippen LogP contribution in [0.15, 0.2) is 0 Å². The standard InChI is InChI=1S/C11H24N4/c1-4-15(8-5-7-14(2)3)9-6-11(13)10-12/h11H,4-9,13H2,1-3H3. The molecule has 0 bridgehead atoms. The van der Waals surface area contributed by atoms with E-state index in [2.05, 4.69) is 36.9 Å². The lowest BCUT2D eigenvalue weighted by molar-refractivity contribution is 0.261. The molecule has 0 aromatic heterocycles. The van der Waals surface area contributed by atoms with E-state index in [-0.39, 0.29) is 6.04 Å². The van der Waals surface area contributed by atoms with E-state index in [1.165, 1.54) is 6.42 Å². The van der Waals surface area contributed by atoms with Gasteiger partial charge in [-0.3, -0.25) is 0 Å². The van der Waals surface area contributed by atoms with E-state index >= 15 is 0 Å². The normalized spacial score (nSPS) is 13.1. The van der Waals surface area contributed by atoms with E-state index in [0.717, 1.165) is 32.6 Å². The van der Waals surface area contributed by atoms with Crippen molar-refractivity contribution in [2.75, 3.05) is 40.3 Å². The average molecular weight is 212 g/mol. The highest BCUT2D eigenvalue weighted by atomic mass is 15.1. The minimum absolute atomic E-state index is 0.312. The Kier molecular flexibility index (Phi) is 8.30. The maximum atomic E-state index is 8.57. The zero-order valence-corrected chi connectivity index (χ0v) is 10.2. The van der Waals surface area contributed by atoms with Crippen LogP contribution in [0, 0.1) is 11.3 Å². The second-order valence-corrected chi connectivity index (χ2v) is 4.12. The predicted octanol–water partition coefficient (Wildman–Crippen LogP) is 0.501. The topological polar surface area (TPSA) is 56.3 Å². The van der Waals surface area contributed by atoms with E-state index in [1.54, 1.807) is 0 Å². The summed E-state index contributed by atoms with van der Waals surface area (Å²) in [6, 6.07) is 1.75. The van der Waals surface area contributed by atoms with E-state index in [0.29, 0.717) is 0 Å². The molecule has 0 spiro atoms. The Bertz CT molecular complexity index is 186. The fraction of sp³-hybridized carbons (Fsp3) is 0.909. The van der Waals surface area contributed by atoms with Gasteiger partial charge in [-0.15, -0.1) is 0 Å². The molecule has 0 aromatic rings. The highest BCUT2D eigenvalue weighted by Gasteiger charge is 2.05. The van der Waals surface area contributed by atoms with E-state index in [4.69, 9.17) is 11.0 Å². The highest BCUT2D eigenvalue weighted by molar-refractivity contribution is 4.86. The van der Waals surface area contributed by atoms with Gasteiger partial charge in [-0.25, -0.2) is 0 Å². The zero-order chi connectivity index (χ0) is 11.7. The fourth-order valence-electron chi connectivity index (χ4n) is 1.42. The first-order valence-corrected chi connectivity index (χ1v) is 5.62. The van der Waals surface area contributed by atoms with E-state index in [9.17, 15) is 0 Å². The van der Waals surface area contributed by atoms with Crippen LogP contribution < -0.4 is 5.73 Å². The second kappa shape index (κ2) is 8.66. The summed E-state index contributed by atoms with van der Waals surface area (Å²) in [5.74, 6) is 0. The molecule has 0 saturated heterocycles. The van der Waals surface area contributed by atoms with Crippen LogP contribution in [-0.4, -0.2) is 56.1 Å². The minimum atomic E-state index is -0.312. The molecule has 1 atom stereocenters. The van der Waals surface area contributed by atoms with Gasteiger partial charge in [0.15, 0.2) is 0 Å². The molecule has 0 aliphatic carbocycles. The van der Waals surface area contributed by atoms with Crippen LogP contribution in [0.3, 0.4) is 0 Å². The summed E-state index contributed by atoms with van der Waals surface area (Å²) >= 11 is 0. The lowest BCUT2D eigenvalue weighted by Gasteiger charge is -2.21. The van der Waals surface area contributed by atoms with Gasteiger partial charge in [0.1, 0.15) is 0 Å². The molecule has 4 nitrogen and oxygen atoms in total. The van der Waals surface area contributed by atoms with Crippen molar-refractivity contribution in [2.45, 2.75) is 25.8 Å². The molecule has 0 amide bonds. The zero-order valence-electron chi connectivity index (χ0n) is 10.2. The average Bonchev–Trinajstić information content (AvgIpc) is 2.22. The highest BCUT2D eigenvalue weighted by Crippen LogP contribution is 1.96. The summed E-state index contributed by atoms with van der Waals surface area (Å²) in [6.45, 7) is 6.31. The van der Waals surface area contributed by atoms with Gasteiger partial charge < -0.3 is 15.5 Å². The molecule has 0 saturated carbocycles. The number of hydrogen-bond acceptors (Lipinski definition) is 4. The summed E-state index contributed by atoms with van der Waals surface area (Å²) in [7, 11) is 4.17. The molecule has 0 aliphatic heterocycles. The summed E-state index contributed by atoms with van der Waals surface area (Å²) in [5, 5.41) is 8.57. The molecule has 15 heavy (non-hydrogen) atoms. The van der Waals surface area contributed by atoms with Crippen LogP contribution in [0.25, 0.3) is 0 Å². The van der Waals surface area contributed by atoms with Crippen LogP contribution in [0.5, 0.6) is 0 Å². The van der Waals surface area contributed by atoms with Gasteiger partial charge in [-0.1, -0.05) is 6.92 Å². The molecule has 88 valence electrons. The molecule has 4 heteroatoms. The number of nitriles is 1. The molecule has 1 unspecified atom stereocenters. The lowest BCUT2D eigenvalue weighted by atomic mass is 10.2. The second-order valence-electron chi connectivity index (χ2n) is 4.12. The number of nitrogens with zero attached hydrogens (tertiary/aromatic N) is 3. The smallest absolute Gasteiger partial charge is 0.0940 e. The third-order valence-corrected chi connectivity index (χ3v) is 2.45. The number of nitrogens with two attached hydrogens (primary N) is 1. The molecule has 2 N–H and O–H groups in total. The molecule has 0 aliphatic rings. The van der Waals surface area contributed by atoms with Crippen molar-refractivity contribution >= 4 is 0 Å². The van der Waals surface area contributed by atoms with Gasteiger partial charge in [0.25, 0.3) is 0 Å². The maximum absolute atomic E-state index is 8.57. The Balaban J connectivity index is 3.60. The first kappa shape index (κ1) is 14.4. The van der Waals surface area contributed by atoms with Crippen molar-refractivity contribution in [3.8, 4) is 6.07 Å².